The third kappa shape index (κ3) is 3.40. The van der Waals surface area contributed by atoms with Gasteiger partial charge in [0.15, 0.2) is 0 Å². The number of fused-ring (bicyclic) bond motifs is 1. The quantitative estimate of drug-likeness (QED) is 0.886. The number of nitrogens with one attached hydrogen (secondary N) is 1. The standard InChI is InChI=1S/C20H21ClN2O2/c1-3-22-19(24)18-16-6-4-5-7-17(16)20(25)23(18)12-13(2)14-8-10-15(21)11-9-14/h4-11,13,18H,3,12H2,1-2H3,(H,22,24). The monoisotopic (exact) mass is 356 g/mol. The number of rotatable bonds is 5. The minimum Gasteiger partial charge on any atom is -0.354 e. The fraction of sp³-hybridized carbons (Fsp3) is 0.300. The van der Waals surface area contributed by atoms with Crippen LogP contribution in [0.5, 0.6) is 0 Å². The van der Waals surface area contributed by atoms with Crippen LogP contribution in [0.25, 0.3) is 0 Å². The molecule has 4 nitrogen and oxygen atoms in total. The van der Waals surface area contributed by atoms with Gasteiger partial charge < -0.3 is 10.2 Å². The van der Waals surface area contributed by atoms with Crippen molar-refractivity contribution in [2.75, 3.05) is 13.1 Å². The van der Waals surface area contributed by atoms with Gasteiger partial charge in [-0.1, -0.05) is 48.9 Å². The minimum absolute atomic E-state index is 0.0901. The van der Waals surface area contributed by atoms with Crippen molar-refractivity contribution in [1.82, 2.24) is 10.2 Å². The summed E-state index contributed by atoms with van der Waals surface area (Å²) in [6.45, 7) is 4.93. The van der Waals surface area contributed by atoms with Gasteiger partial charge in [0.05, 0.1) is 0 Å². The van der Waals surface area contributed by atoms with Gasteiger partial charge in [0.2, 0.25) is 5.91 Å². The zero-order chi connectivity index (χ0) is 18.0. The lowest BCUT2D eigenvalue weighted by molar-refractivity contribution is -0.125. The average Bonchev–Trinajstić information content (AvgIpc) is 2.88. The molecule has 25 heavy (non-hydrogen) atoms. The van der Waals surface area contributed by atoms with Crippen LogP contribution < -0.4 is 5.32 Å². The van der Waals surface area contributed by atoms with Gasteiger partial charge in [-0.15, -0.1) is 0 Å². The van der Waals surface area contributed by atoms with E-state index in [0.717, 1.165) is 11.1 Å². The summed E-state index contributed by atoms with van der Waals surface area (Å²) in [4.78, 5) is 27.1. The molecule has 0 aromatic heterocycles. The summed E-state index contributed by atoms with van der Waals surface area (Å²) in [5.74, 6) is -0.135. The fourth-order valence-corrected chi connectivity index (χ4v) is 3.43. The van der Waals surface area contributed by atoms with Crippen molar-refractivity contribution in [2.24, 2.45) is 0 Å². The van der Waals surface area contributed by atoms with Crippen LogP contribution in [-0.4, -0.2) is 29.8 Å². The van der Waals surface area contributed by atoms with Gasteiger partial charge in [0.1, 0.15) is 6.04 Å². The van der Waals surface area contributed by atoms with Gasteiger partial charge in [-0.3, -0.25) is 9.59 Å². The number of hydrogen-bond donors (Lipinski definition) is 1. The molecule has 2 aromatic carbocycles. The van der Waals surface area contributed by atoms with E-state index in [9.17, 15) is 9.59 Å². The summed E-state index contributed by atoms with van der Waals surface area (Å²) >= 11 is 5.95. The normalized spacial score (nSPS) is 17.3. The molecular formula is C20H21ClN2O2. The van der Waals surface area contributed by atoms with Crippen LogP contribution in [0.2, 0.25) is 5.02 Å². The van der Waals surface area contributed by atoms with Crippen LogP contribution >= 0.6 is 11.6 Å². The van der Waals surface area contributed by atoms with Gasteiger partial charge in [-0.2, -0.15) is 0 Å². The van der Waals surface area contributed by atoms with Crippen molar-refractivity contribution in [2.45, 2.75) is 25.8 Å². The fourth-order valence-electron chi connectivity index (χ4n) is 3.30. The molecule has 3 rings (SSSR count). The van der Waals surface area contributed by atoms with Crippen LogP contribution in [-0.2, 0) is 4.79 Å². The van der Waals surface area contributed by atoms with Gasteiger partial charge in [0, 0.05) is 23.7 Å². The summed E-state index contributed by atoms with van der Waals surface area (Å²) in [5.41, 5.74) is 2.48. The number of carbonyl (C=O) groups is 2. The molecule has 0 radical (unpaired) electrons. The van der Waals surface area contributed by atoms with E-state index in [4.69, 9.17) is 11.6 Å². The first kappa shape index (κ1) is 17.5. The van der Waals surface area contributed by atoms with Crippen molar-refractivity contribution < 1.29 is 9.59 Å². The Bertz CT molecular complexity index is 789. The average molecular weight is 357 g/mol. The SMILES string of the molecule is CCNC(=O)C1c2ccccc2C(=O)N1CC(C)c1ccc(Cl)cc1. The molecule has 0 bridgehead atoms. The second kappa shape index (κ2) is 7.28. The molecule has 0 saturated heterocycles. The summed E-state index contributed by atoms with van der Waals surface area (Å²) in [7, 11) is 0. The first-order valence-corrected chi connectivity index (χ1v) is 8.83. The summed E-state index contributed by atoms with van der Waals surface area (Å²) in [6, 6.07) is 14.4. The van der Waals surface area contributed by atoms with Crippen molar-refractivity contribution >= 4 is 23.4 Å². The van der Waals surface area contributed by atoms with Gasteiger partial charge in [0.25, 0.3) is 5.91 Å². The molecule has 1 aliphatic heterocycles. The Hall–Kier alpha value is -2.33. The molecule has 2 amide bonds. The Morgan fingerprint density at radius 1 is 1.20 bits per heavy atom. The van der Waals surface area contributed by atoms with E-state index in [-0.39, 0.29) is 17.7 Å². The zero-order valence-electron chi connectivity index (χ0n) is 14.3. The van der Waals surface area contributed by atoms with E-state index >= 15 is 0 Å². The highest BCUT2D eigenvalue weighted by molar-refractivity contribution is 6.30. The molecule has 0 saturated carbocycles. The first-order chi connectivity index (χ1) is 12.0. The molecule has 0 spiro atoms. The molecule has 5 heteroatoms. The molecule has 1 aliphatic rings. The van der Waals surface area contributed by atoms with Crippen molar-refractivity contribution in [3.63, 3.8) is 0 Å². The summed E-state index contributed by atoms with van der Waals surface area (Å²) in [5, 5.41) is 3.53. The Morgan fingerprint density at radius 2 is 1.88 bits per heavy atom. The second-order valence-electron chi connectivity index (χ2n) is 6.29. The molecule has 1 heterocycles. The van der Waals surface area contributed by atoms with E-state index in [1.807, 2.05) is 56.3 Å². The van der Waals surface area contributed by atoms with Crippen LogP contribution in [0.4, 0.5) is 0 Å². The number of amides is 2. The lowest BCUT2D eigenvalue weighted by Crippen LogP contribution is -2.40. The van der Waals surface area contributed by atoms with E-state index in [1.165, 1.54) is 0 Å². The third-order valence-electron chi connectivity index (χ3n) is 4.57. The highest BCUT2D eigenvalue weighted by Gasteiger charge is 2.41. The van der Waals surface area contributed by atoms with Crippen LogP contribution in [0.1, 0.15) is 47.3 Å². The zero-order valence-corrected chi connectivity index (χ0v) is 15.1. The predicted octanol–water partition coefficient (Wildman–Crippen LogP) is 3.78. The van der Waals surface area contributed by atoms with Crippen molar-refractivity contribution in [3.05, 3.63) is 70.2 Å². The molecule has 2 aromatic rings. The molecule has 2 atom stereocenters. The summed E-state index contributed by atoms with van der Waals surface area (Å²) in [6.07, 6.45) is 0. The van der Waals surface area contributed by atoms with E-state index in [1.54, 1.807) is 11.0 Å². The van der Waals surface area contributed by atoms with Crippen LogP contribution in [0, 0.1) is 0 Å². The first-order valence-electron chi connectivity index (χ1n) is 8.46. The van der Waals surface area contributed by atoms with E-state index in [2.05, 4.69) is 5.32 Å². The van der Waals surface area contributed by atoms with E-state index in [0.29, 0.717) is 23.7 Å². The highest BCUT2D eigenvalue weighted by Crippen LogP contribution is 2.35. The predicted molar refractivity (Wildman–Crippen MR) is 98.8 cm³/mol. The third-order valence-corrected chi connectivity index (χ3v) is 4.82. The Kier molecular flexibility index (Phi) is 5.09. The molecular weight excluding hydrogens is 336 g/mol. The highest BCUT2D eigenvalue weighted by atomic mass is 35.5. The van der Waals surface area contributed by atoms with Gasteiger partial charge >= 0.3 is 0 Å². The van der Waals surface area contributed by atoms with Gasteiger partial charge in [-0.05, 0) is 42.2 Å². The number of likely N-dealkylation sites (N-methyl/N-ethyl adjacent to an activating group) is 1. The molecule has 0 aliphatic carbocycles. The number of halogens is 1. The topological polar surface area (TPSA) is 49.4 Å². The lowest BCUT2D eigenvalue weighted by Gasteiger charge is -2.27. The van der Waals surface area contributed by atoms with Crippen molar-refractivity contribution in [1.29, 1.82) is 0 Å². The van der Waals surface area contributed by atoms with E-state index < -0.39 is 6.04 Å². The number of carbonyl (C=O) groups excluding carboxylic acids is 2. The Balaban J connectivity index is 1.89. The van der Waals surface area contributed by atoms with Crippen LogP contribution in [0.15, 0.2) is 48.5 Å². The van der Waals surface area contributed by atoms with Gasteiger partial charge in [-0.25, -0.2) is 0 Å². The Morgan fingerprint density at radius 3 is 2.56 bits per heavy atom. The lowest BCUT2D eigenvalue weighted by atomic mass is 9.99. The molecule has 2 unspecified atom stereocenters. The minimum atomic E-state index is -0.571. The number of hydrogen-bond acceptors (Lipinski definition) is 2. The molecule has 0 fully saturated rings. The summed E-state index contributed by atoms with van der Waals surface area (Å²) < 4.78 is 0. The van der Waals surface area contributed by atoms with Crippen LogP contribution in [0.3, 0.4) is 0 Å². The smallest absolute Gasteiger partial charge is 0.255 e. The molecule has 1 N–H and O–H groups in total. The second-order valence-corrected chi connectivity index (χ2v) is 6.73. The molecule has 130 valence electrons. The number of benzene rings is 2. The maximum atomic E-state index is 12.9. The van der Waals surface area contributed by atoms with Crippen molar-refractivity contribution in [3.8, 4) is 0 Å². The maximum absolute atomic E-state index is 12.9. The maximum Gasteiger partial charge on any atom is 0.255 e. The Labute approximate surface area is 152 Å². The number of nitrogens with zero attached hydrogens (tertiary/aromatic N) is 1. The largest absolute Gasteiger partial charge is 0.354 e.